The summed E-state index contributed by atoms with van der Waals surface area (Å²) in [6.07, 6.45) is 2.87. The molecule has 1 aliphatic heterocycles. The molecule has 1 amide bonds. The molecule has 6 heteroatoms. The predicted octanol–water partition coefficient (Wildman–Crippen LogP) is 3.53. The van der Waals surface area contributed by atoms with Crippen molar-refractivity contribution in [3.8, 4) is 0 Å². The Morgan fingerprint density at radius 3 is 2.68 bits per heavy atom. The highest BCUT2D eigenvalue weighted by Gasteiger charge is 2.44. The lowest BCUT2D eigenvalue weighted by Gasteiger charge is -2.26. The van der Waals surface area contributed by atoms with Crippen molar-refractivity contribution in [2.24, 2.45) is 13.0 Å². The molecular weight excluding hydrogens is 356 g/mol. The first-order chi connectivity index (χ1) is 13.4. The van der Waals surface area contributed by atoms with Crippen LogP contribution in [-0.2, 0) is 21.4 Å². The first-order valence-corrected chi connectivity index (χ1v) is 9.67. The van der Waals surface area contributed by atoms with Crippen LogP contribution in [0.25, 0.3) is 10.9 Å². The fourth-order valence-electron chi connectivity index (χ4n) is 3.94. The maximum absolute atomic E-state index is 13.0. The van der Waals surface area contributed by atoms with Gasteiger partial charge in [0.25, 0.3) is 5.91 Å². The number of rotatable bonds is 8. The second-order valence-corrected chi connectivity index (χ2v) is 7.74. The molecule has 28 heavy (non-hydrogen) atoms. The molecule has 0 bridgehead atoms. The van der Waals surface area contributed by atoms with E-state index in [-0.39, 0.29) is 17.3 Å². The first-order valence-electron chi connectivity index (χ1n) is 9.67. The van der Waals surface area contributed by atoms with Crippen molar-refractivity contribution in [1.82, 2.24) is 9.47 Å². The summed E-state index contributed by atoms with van der Waals surface area (Å²) in [5.74, 6) is -0.936. The number of carbonyl (C=O) groups excluding carboxylic acids is 2. The van der Waals surface area contributed by atoms with Gasteiger partial charge in [0.1, 0.15) is 0 Å². The van der Waals surface area contributed by atoms with E-state index in [1.807, 2.05) is 55.9 Å². The SMILES string of the molecule is COCCCN1C(=O)C(O)=C(C(=O)CC(C)C)C1c1cn(C)c2ccccc12. The van der Waals surface area contributed by atoms with E-state index < -0.39 is 17.7 Å². The minimum absolute atomic E-state index is 0.138. The summed E-state index contributed by atoms with van der Waals surface area (Å²) in [5.41, 5.74) is 2.09. The smallest absolute Gasteiger partial charge is 0.290 e. The van der Waals surface area contributed by atoms with E-state index in [4.69, 9.17) is 4.74 Å². The Bertz CT molecular complexity index is 926. The molecule has 150 valence electrons. The molecule has 0 saturated carbocycles. The van der Waals surface area contributed by atoms with Crippen molar-refractivity contribution in [1.29, 1.82) is 0 Å². The van der Waals surface area contributed by atoms with Crippen LogP contribution >= 0.6 is 0 Å². The number of carbonyl (C=O) groups is 2. The Balaban J connectivity index is 2.11. The summed E-state index contributed by atoms with van der Waals surface area (Å²) in [6, 6.07) is 7.31. The van der Waals surface area contributed by atoms with Gasteiger partial charge in [0.05, 0.1) is 11.6 Å². The van der Waals surface area contributed by atoms with Gasteiger partial charge in [-0.05, 0) is 18.4 Å². The summed E-state index contributed by atoms with van der Waals surface area (Å²) in [7, 11) is 3.55. The number of methoxy groups -OCH3 is 1. The van der Waals surface area contributed by atoms with Gasteiger partial charge in [-0.2, -0.15) is 0 Å². The van der Waals surface area contributed by atoms with Crippen molar-refractivity contribution in [2.75, 3.05) is 20.3 Å². The Morgan fingerprint density at radius 1 is 1.29 bits per heavy atom. The average molecular weight is 384 g/mol. The van der Waals surface area contributed by atoms with Crippen LogP contribution in [0.1, 0.15) is 38.3 Å². The number of nitrogens with zero attached hydrogens (tertiary/aromatic N) is 2. The minimum atomic E-state index is -0.582. The summed E-state index contributed by atoms with van der Waals surface area (Å²) in [4.78, 5) is 27.4. The van der Waals surface area contributed by atoms with Crippen LogP contribution in [-0.4, -0.2) is 46.5 Å². The third kappa shape index (κ3) is 3.56. The summed E-state index contributed by atoms with van der Waals surface area (Å²) >= 11 is 0. The Morgan fingerprint density at radius 2 is 2.00 bits per heavy atom. The summed E-state index contributed by atoms with van der Waals surface area (Å²) in [6.45, 7) is 4.82. The average Bonchev–Trinajstić information content (AvgIpc) is 3.11. The van der Waals surface area contributed by atoms with E-state index in [1.54, 1.807) is 12.0 Å². The third-order valence-electron chi connectivity index (χ3n) is 5.17. The number of fused-ring (bicyclic) bond motifs is 1. The molecule has 1 aromatic heterocycles. The van der Waals surface area contributed by atoms with Crippen molar-refractivity contribution < 1.29 is 19.4 Å². The van der Waals surface area contributed by atoms with E-state index in [0.29, 0.717) is 26.0 Å². The zero-order valence-electron chi connectivity index (χ0n) is 16.9. The van der Waals surface area contributed by atoms with Crippen LogP contribution in [0, 0.1) is 5.92 Å². The molecule has 2 aromatic rings. The molecule has 0 radical (unpaired) electrons. The fourth-order valence-corrected chi connectivity index (χ4v) is 3.94. The van der Waals surface area contributed by atoms with Gasteiger partial charge in [0.2, 0.25) is 0 Å². The van der Waals surface area contributed by atoms with E-state index in [0.717, 1.165) is 16.5 Å². The lowest BCUT2D eigenvalue weighted by molar-refractivity contribution is -0.129. The number of benzene rings is 1. The maximum Gasteiger partial charge on any atom is 0.290 e. The van der Waals surface area contributed by atoms with Gasteiger partial charge in [-0.25, -0.2) is 0 Å². The zero-order valence-corrected chi connectivity index (χ0v) is 16.9. The Kier molecular flexibility index (Phi) is 5.89. The van der Waals surface area contributed by atoms with Crippen LogP contribution < -0.4 is 0 Å². The minimum Gasteiger partial charge on any atom is -0.503 e. The molecular formula is C22H28N2O4. The molecule has 1 aliphatic rings. The Labute approximate surface area is 165 Å². The quantitative estimate of drug-likeness (QED) is 0.707. The molecule has 1 aromatic carbocycles. The molecule has 0 saturated heterocycles. The zero-order chi connectivity index (χ0) is 20.4. The number of aliphatic hydroxyl groups excluding tert-OH is 1. The number of Topliss-reactive ketones (excluding diaryl/α,β-unsaturated/α-hetero) is 1. The summed E-state index contributed by atoms with van der Waals surface area (Å²) in [5, 5.41) is 11.6. The van der Waals surface area contributed by atoms with Crippen LogP contribution in [0.5, 0.6) is 0 Å². The van der Waals surface area contributed by atoms with Gasteiger partial charge >= 0.3 is 0 Å². The van der Waals surface area contributed by atoms with Gasteiger partial charge in [0, 0.05) is 56.4 Å². The van der Waals surface area contributed by atoms with Gasteiger partial charge in [-0.15, -0.1) is 0 Å². The molecule has 0 spiro atoms. The fraction of sp³-hybridized carbons (Fsp3) is 0.455. The highest BCUT2D eigenvalue weighted by molar-refractivity contribution is 6.09. The molecule has 6 nitrogen and oxygen atoms in total. The number of ether oxygens (including phenoxy) is 1. The van der Waals surface area contributed by atoms with Crippen LogP contribution in [0.3, 0.4) is 0 Å². The topological polar surface area (TPSA) is 71.8 Å². The highest BCUT2D eigenvalue weighted by atomic mass is 16.5. The molecule has 1 N–H and O–H groups in total. The van der Waals surface area contributed by atoms with Gasteiger partial charge in [0.15, 0.2) is 11.5 Å². The van der Waals surface area contributed by atoms with E-state index in [1.165, 1.54) is 0 Å². The number of aliphatic hydroxyl groups is 1. The number of para-hydroxylation sites is 1. The number of aromatic nitrogens is 1. The number of aryl methyl sites for hydroxylation is 1. The standard InChI is InChI=1S/C22H28N2O4/c1-14(2)12-18(25)19-20(24(10-7-11-28-4)22(27)21(19)26)16-13-23(3)17-9-6-5-8-15(16)17/h5-6,8-9,13-14,20,26H,7,10-12H2,1-4H3. The lowest BCUT2D eigenvalue weighted by Crippen LogP contribution is -2.32. The third-order valence-corrected chi connectivity index (χ3v) is 5.17. The predicted molar refractivity (Wildman–Crippen MR) is 108 cm³/mol. The Hall–Kier alpha value is -2.60. The second kappa shape index (κ2) is 8.19. The molecule has 0 fully saturated rings. The molecule has 3 rings (SSSR count). The van der Waals surface area contributed by atoms with Crippen LogP contribution in [0.2, 0.25) is 0 Å². The van der Waals surface area contributed by atoms with Crippen molar-refractivity contribution >= 4 is 22.6 Å². The lowest BCUT2D eigenvalue weighted by atomic mass is 9.92. The van der Waals surface area contributed by atoms with Crippen LogP contribution in [0.4, 0.5) is 0 Å². The van der Waals surface area contributed by atoms with Crippen LogP contribution in [0.15, 0.2) is 41.8 Å². The largest absolute Gasteiger partial charge is 0.503 e. The summed E-state index contributed by atoms with van der Waals surface area (Å²) < 4.78 is 7.11. The molecule has 2 heterocycles. The first kappa shape index (κ1) is 20.1. The van der Waals surface area contributed by atoms with Crippen molar-refractivity contribution in [3.05, 3.63) is 47.4 Å². The molecule has 0 aliphatic carbocycles. The van der Waals surface area contributed by atoms with Crippen molar-refractivity contribution in [3.63, 3.8) is 0 Å². The monoisotopic (exact) mass is 384 g/mol. The molecule has 1 atom stereocenters. The van der Waals surface area contributed by atoms with E-state index >= 15 is 0 Å². The van der Waals surface area contributed by atoms with E-state index in [9.17, 15) is 14.7 Å². The van der Waals surface area contributed by atoms with Gasteiger partial charge in [-0.3, -0.25) is 9.59 Å². The van der Waals surface area contributed by atoms with Gasteiger partial charge < -0.3 is 19.3 Å². The highest BCUT2D eigenvalue weighted by Crippen LogP contribution is 2.41. The van der Waals surface area contributed by atoms with Gasteiger partial charge in [-0.1, -0.05) is 32.0 Å². The van der Waals surface area contributed by atoms with Crippen molar-refractivity contribution in [2.45, 2.75) is 32.7 Å². The number of amides is 1. The normalized spacial score (nSPS) is 17.4. The number of hydrogen-bond acceptors (Lipinski definition) is 4. The maximum atomic E-state index is 13.0. The molecule has 1 unspecified atom stereocenters. The van der Waals surface area contributed by atoms with E-state index in [2.05, 4.69) is 0 Å². The number of ketones is 1. The second-order valence-electron chi connectivity index (χ2n) is 7.74. The number of hydrogen-bond donors (Lipinski definition) is 1.